The Balaban J connectivity index is 1.78. The van der Waals surface area contributed by atoms with Gasteiger partial charge in [0.1, 0.15) is 5.71 Å². The SMILES string of the molecule is C/C(=N/NC(=O)c1cc(Cl)ccc1NC(=O)c1cccnc1)C(=O)c1cccc(C)c1. The van der Waals surface area contributed by atoms with Crippen LogP contribution in [0.3, 0.4) is 0 Å². The Morgan fingerprint density at radius 1 is 0.968 bits per heavy atom. The molecule has 0 unspecified atom stereocenters. The minimum atomic E-state index is -0.625. The van der Waals surface area contributed by atoms with Gasteiger partial charge in [-0.2, -0.15) is 5.10 Å². The number of nitrogens with one attached hydrogen (secondary N) is 2. The number of Topliss-reactive ketones (excluding diaryl/α,β-unsaturated/α-hetero) is 1. The standard InChI is InChI=1S/C23H19ClN4O3/c1-14-5-3-6-16(11-14)21(29)15(2)27-28-23(31)19-12-18(24)8-9-20(19)26-22(30)17-7-4-10-25-13-17/h3-13H,1-2H3,(H,26,30)(H,28,31)/b27-15-. The third-order valence-corrected chi connectivity index (χ3v) is 4.57. The van der Waals surface area contributed by atoms with Crippen molar-refractivity contribution in [3.05, 3.63) is 94.3 Å². The van der Waals surface area contributed by atoms with Crippen LogP contribution in [0.1, 0.15) is 43.6 Å². The average molecular weight is 435 g/mol. The highest BCUT2D eigenvalue weighted by Crippen LogP contribution is 2.21. The van der Waals surface area contributed by atoms with Gasteiger partial charge in [0.15, 0.2) is 0 Å². The van der Waals surface area contributed by atoms with Crippen molar-refractivity contribution in [2.24, 2.45) is 5.10 Å². The summed E-state index contributed by atoms with van der Waals surface area (Å²) in [6, 6.07) is 14.8. The van der Waals surface area contributed by atoms with E-state index in [4.69, 9.17) is 11.6 Å². The number of ketones is 1. The van der Waals surface area contributed by atoms with Gasteiger partial charge in [-0.3, -0.25) is 19.4 Å². The highest BCUT2D eigenvalue weighted by atomic mass is 35.5. The van der Waals surface area contributed by atoms with Gasteiger partial charge in [0, 0.05) is 23.0 Å². The smallest absolute Gasteiger partial charge is 0.273 e. The number of aryl methyl sites for hydroxylation is 1. The minimum Gasteiger partial charge on any atom is -0.321 e. The van der Waals surface area contributed by atoms with Gasteiger partial charge in [0.05, 0.1) is 16.8 Å². The number of hydrogen-bond acceptors (Lipinski definition) is 5. The molecule has 2 N–H and O–H groups in total. The number of halogens is 1. The van der Waals surface area contributed by atoms with E-state index in [0.717, 1.165) is 5.56 Å². The second kappa shape index (κ2) is 9.77. The molecule has 0 spiro atoms. The lowest BCUT2D eigenvalue weighted by Crippen LogP contribution is -2.24. The summed E-state index contributed by atoms with van der Waals surface area (Å²) in [6.07, 6.45) is 2.96. The molecule has 1 heterocycles. The Labute approximate surface area is 184 Å². The summed E-state index contributed by atoms with van der Waals surface area (Å²) in [6.45, 7) is 3.39. The van der Waals surface area contributed by atoms with E-state index in [2.05, 4.69) is 20.8 Å². The van der Waals surface area contributed by atoms with Gasteiger partial charge < -0.3 is 5.32 Å². The summed E-state index contributed by atoms with van der Waals surface area (Å²) in [5, 5.41) is 6.89. The van der Waals surface area contributed by atoms with Crippen LogP contribution in [0.4, 0.5) is 5.69 Å². The van der Waals surface area contributed by atoms with E-state index in [1.54, 1.807) is 42.6 Å². The minimum absolute atomic E-state index is 0.101. The normalized spacial score (nSPS) is 11.0. The molecule has 7 nitrogen and oxygen atoms in total. The van der Waals surface area contributed by atoms with Crippen molar-refractivity contribution in [1.29, 1.82) is 0 Å². The maximum Gasteiger partial charge on any atom is 0.273 e. The Morgan fingerprint density at radius 3 is 2.45 bits per heavy atom. The summed E-state index contributed by atoms with van der Waals surface area (Å²) in [5.74, 6) is -1.36. The molecule has 0 saturated carbocycles. The molecule has 1 aromatic heterocycles. The van der Waals surface area contributed by atoms with Crippen molar-refractivity contribution in [3.63, 3.8) is 0 Å². The second-order valence-corrected chi connectivity index (χ2v) is 7.16. The van der Waals surface area contributed by atoms with Crippen LogP contribution in [0.5, 0.6) is 0 Å². The van der Waals surface area contributed by atoms with Gasteiger partial charge in [-0.05, 0) is 50.2 Å². The maximum atomic E-state index is 12.7. The largest absolute Gasteiger partial charge is 0.321 e. The van der Waals surface area contributed by atoms with Crippen molar-refractivity contribution in [3.8, 4) is 0 Å². The van der Waals surface area contributed by atoms with E-state index < -0.39 is 11.8 Å². The number of anilines is 1. The van der Waals surface area contributed by atoms with E-state index >= 15 is 0 Å². The molecule has 3 rings (SSSR count). The summed E-state index contributed by atoms with van der Waals surface area (Å²) >= 11 is 6.03. The zero-order valence-electron chi connectivity index (χ0n) is 16.8. The number of pyridine rings is 1. The van der Waals surface area contributed by atoms with Crippen molar-refractivity contribution in [2.45, 2.75) is 13.8 Å². The number of rotatable bonds is 6. The molecule has 0 radical (unpaired) electrons. The number of nitrogens with zero attached hydrogens (tertiary/aromatic N) is 2. The predicted octanol–water partition coefficient (Wildman–Crippen LogP) is 4.28. The molecule has 0 fully saturated rings. The molecular formula is C23H19ClN4O3. The summed E-state index contributed by atoms with van der Waals surface area (Å²) < 4.78 is 0. The highest BCUT2D eigenvalue weighted by molar-refractivity contribution is 6.45. The van der Waals surface area contributed by atoms with Crippen molar-refractivity contribution >= 4 is 40.6 Å². The van der Waals surface area contributed by atoms with Crippen LogP contribution in [-0.2, 0) is 0 Å². The first-order valence-electron chi connectivity index (χ1n) is 9.32. The fourth-order valence-corrected chi connectivity index (χ4v) is 2.92. The van der Waals surface area contributed by atoms with E-state index in [9.17, 15) is 14.4 Å². The van der Waals surface area contributed by atoms with Crippen LogP contribution in [0.2, 0.25) is 5.02 Å². The first-order valence-corrected chi connectivity index (χ1v) is 9.70. The summed E-state index contributed by atoms with van der Waals surface area (Å²) in [7, 11) is 0. The molecule has 0 saturated heterocycles. The van der Waals surface area contributed by atoms with Crippen LogP contribution in [-0.4, -0.2) is 28.3 Å². The molecule has 0 aliphatic carbocycles. The van der Waals surface area contributed by atoms with Crippen molar-refractivity contribution in [1.82, 2.24) is 10.4 Å². The van der Waals surface area contributed by atoms with Gasteiger partial charge >= 0.3 is 0 Å². The molecule has 156 valence electrons. The Kier molecular flexibility index (Phi) is 6.89. The molecule has 0 bridgehead atoms. The van der Waals surface area contributed by atoms with Gasteiger partial charge in [-0.25, -0.2) is 5.43 Å². The number of aromatic nitrogens is 1. The zero-order valence-corrected chi connectivity index (χ0v) is 17.6. The first kappa shape index (κ1) is 21.9. The van der Waals surface area contributed by atoms with Crippen molar-refractivity contribution < 1.29 is 14.4 Å². The van der Waals surface area contributed by atoms with Gasteiger partial charge in [0.25, 0.3) is 11.8 Å². The predicted molar refractivity (Wildman–Crippen MR) is 120 cm³/mol. The van der Waals surface area contributed by atoms with E-state index in [1.807, 2.05) is 13.0 Å². The quantitative estimate of drug-likeness (QED) is 0.343. The van der Waals surface area contributed by atoms with E-state index in [0.29, 0.717) is 16.1 Å². The number of amides is 2. The van der Waals surface area contributed by atoms with Gasteiger partial charge in [0.2, 0.25) is 5.78 Å². The van der Waals surface area contributed by atoms with E-state index in [-0.39, 0.29) is 22.7 Å². The molecule has 2 amide bonds. The number of benzene rings is 2. The molecule has 0 atom stereocenters. The van der Waals surface area contributed by atoms with Crippen LogP contribution in [0.25, 0.3) is 0 Å². The topological polar surface area (TPSA) is 101 Å². The van der Waals surface area contributed by atoms with Crippen LogP contribution in [0, 0.1) is 6.92 Å². The summed E-state index contributed by atoms with van der Waals surface area (Å²) in [5.41, 5.74) is 4.56. The van der Waals surface area contributed by atoms with Crippen LogP contribution in [0.15, 0.2) is 72.1 Å². The molecule has 31 heavy (non-hydrogen) atoms. The fourth-order valence-electron chi connectivity index (χ4n) is 2.75. The first-order chi connectivity index (χ1) is 14.8. The average Bonchev–Trinajstić information content (AvgIpc) is 2.78. The van der Waals surface area contributed by atoms with E-state index in [1.165, 1.54) is 25.3 Å². The van der Waals surface area contributed by atoms with Gasteiger partial charge in [-0.15, -0.1) is 0 Å². The molecular weight excluding hydrogens is 416 g/mol. The fraction of sp³-hybridized carbons (Fsp3) is 0.0870. The lowest BCUT2D eigenvalue weighted by molar-refractivity contribution is 0.0955. The van der Waals surface area contributed by atoms with Gasteiger partial charge in [-0.1, -0.05) is 35.4 Å². The highest BCUT2D eigenvalue weighted by Gasteiger charge is 2.16. The number of carbonyl (C=O) groups is 3. The number of hydrazone groups is 1. The Hall–Kier alpha value is -3.84. The molecule has 3 aromatic rings. The Bertz CT molecular complexity index is 1180. The second-order valence-electron chi connectivity index (χ2n) is 6.72. The lowest BCUT2D eigenvalue weighted by atomic mass is 10.1. The molecule has 0 aliphatic heterocycles. The third-order valence-electron chi connectivity index (χ3n) is 4.33. The number of hydrogen-bond donors (Lipinski definition) is 2. The zero-order chi connectivity index (χ0) is 22.4. The van der Waals surface area contributed by atoms with Crippen molar-refractivity contribution in [2.75, 3.05) is 5.32 Å². The van der Waals surface area contributed by atoms with Crippen LogP contribution >= 0.6 is 11.6 Å². The summed E-state index contributed by atoms with van der Waals surface area (Å²) in [4.78, 5) is 41.5. The Morgan fingerprint density at radius 2 is 1.74 bits per heavy atom. The number of carbonyl (C=O) groups excluding carboxylic acids is 3. The molecule has 2 aromatic carbocycles. The molecule has 8 heteroatoms. The monoisotopic (exact) mass is 434 g/mol. The third kappa shape index (κ3) is 5.61. The molecule has 0 aliphatic rings. The lowest BCUT2D eigenvalue weighted by Gasteiger charge is -2.11. The maximum absolute atomic E-state index is 12.7. The van der Waals surface area contributed by atoms with Crippen LogP contribution < -0.4 is 10.7 Å².